The largest absolute Gasteiger partial charge is 0.460 e. The summed E-state index contributed by atoms with van der Waals surface area (Å²) in [6.45, 7) is 4.92. The van der Waals surface area contributed by atoms with E-state index in [0.717, 1.165) is 12.1 Å². The van der Waals surface area contributed by atoms with Gasteiger partial charge in [0.15, 0.2) is 0 Å². The van der Waals surface area contributed by atoms with Crippen LogP contribution in [0.5, 0.6) is 0 Å². The molecule has 0 saturated carbocycles. The SMILES string of the molecule is CC(C)(C)OC(=O)C[C@H](N)c1cccc(C(F)(F)F)c1F. The summed E-state index contributed by atoms with van der Waals surface area (Å²) in [4.78, 5) is 11.6. The minimum Gasteiger partial charge on any atom is -0.460 e. The first-order valence-corrected chi connectivity index (χ1v) is 6.25. The highest BCUT2D eigenvalue weighted by atomic mass is 19.4. The lowest BCUT2D eigenvalue weighted by molar-refractivity contribution is -0.155. The molecule has 0 spiro atoms. The maximum absolute atomic E-state index is 13.9. The zero-order chi connectivity index (χ0) is 16.4. The molecule has 7 heteroatoms. The van der Waals surface area contributed by atoms with Crippen LogP contribution in [0.3, 0.4) is 0 Å². The molecule has 1 atom stereocenters. The van der Waals surface area contributed by atoms with Gasteiger partial charge in [-0.3, -0.25) is 4.79 Å². The number of ether oxygens (including phenoxy) is 1. The highest BCUT2D eigenvalue weighted by Gasteiger charge is 2.35. The van der Waals surface area contributed by atoms with Crippen molar-refractivity contribution in [2.24, 2.45) is 5.73 Å². The molecule has 0 unspecified atom stereocenters. The molecular weight excluding hydrogens is 290 g/mol. The van der Waals surface area contributed by atoms with E-state index in [-0.39, 0.29) is 5.56 Å². The third-order valence-electron chi connectivity index (χ3n) is 2.54. The van der Waals surface area contributed by atoms with E-state index >= 15 is 0 Å². The quantitative estimate of drug-likeness (QED) is 0.686. The fourth-order valence-electron chi connectivity index (χ4n) is 1.73. The van der Waals surface area contributed by atoms with Crippen LogP contribution < -0.4 is 5.73 Å². The van der Waals surface area contributed by atoms with Crippen LogP contribution in [0.4, 0.5) is 17.6 Å². The summed E-state index contributed by atoms with van der Waals surface area (Å²) < 4.78 is 56.7. The van der Waals surface area contributed by atoms with Gasteiger partial charge in [0.2, 0.25) is 0 Å². The summed E-state index contributed by atoms with van der Waals surface area (Å²) in [5.74, 6) is -2.16. The zero-order valence-corrected chi connectivity index (χ0v) is 11.9. The van der Waals surface area contributed by atoms with Gasteiger partial charge in [-0.1, -0.05) is 12.1 Å². The normalized spacial score (nSPS) is 13.9. The van der Waals surface area contributed by atoms with Crippen LogP contribution in [0.15, 0.2) is 18.2 Å². The van der Waals surface area contributed by atoms with E-state index in [1.54, 1.807) is 20.8 Å². The zero-order valence-electron chi connectivity index (χ0n) is 11.9. The topological polar surface area (TPSA) is 52.3 Å². The number of alkyl halides is 3. The van der Waals surface area contributed by atoms with Crippen LogP contribution in [0.1, 0.15) is 44.4 Å². The lowest BCUT2D eigenvalue weighted by Crippen LogP contribution is -2.27. The molecule has 21 heavy (non-hydrogen) atoms. The third-order valence-corrected chi connectivity index (χ3v) is 2.54. The van der Waals surface area contributed by atoms with Crippen molar-refractivity contribution in [1.82, 2.24) is 0 Å². The van der Waals surface area contributed by atoms with Gasteiger partial charge in [0, 0.05) is 11.6 Å². The summed E-state index contributed by atoms with van der Waals surface area (Å²) >= 11 is 0. The number of rotatable bonds is 3. The van der Waals surface area contributed by atoms with Crippen LogP contribution in [0.25, 0.3) is 0 Å². The maximum Gasteiger partial charge on any atom is 0.419 e. The van der Waals surface area contributed by atoms with Crippen molar-refractivity contribution >= 4 is 5.97 Å². The molecule has 0 saturated heterocycles. The number of esters is 1. The third kappa shape index (κ3) is 5.00. The van der Waals surface area contributed by atoms with Crippen molar-refractivity contribution in [2.45, 2.75) is 45.0 Å². The lowest BCUT2D eigenvalue weighted by atomic mass is 10.0. The van der Waals surface area contributed by atoms with E-state index in [1.165, 1.54) is 0 Å². The number of benzene rings is 1. The van der Waals surface area contributed by atoms with Gasteiger partial charge in [0.25, 0.3) is 0 Å². The van der Waals surface area contributed by atoms with Crippen molar-refractivity contribution in [3.05, 3.63) is 35.1 Å². The first-order chi connectivity index (χ1) is 9.42. The molecule has 0 bridgehead atoms. The Hall–Kier alpha value is -1.63. The Labute approximate surface area is 120 Å². The number of hydrogen-bond donors (Lipinski definition) is 1. The van der Waals surface area contributed by atoms with E-state index in [2.05, 4.69) is 0 Å². The van der Waals surface area contributed by atoms with E-state index < -0.39 is 41.6 Å². The van der Waals surface area contributed by atoms with Gasteiger partial charge in [0.1, 0.15) is 11.4 Å². The molecule has 0 aliphatic rings. The van der Waals surface area contributed by atoms with E-state index in [4.69, 9.17) is 10.5 Å². The van der Waals surface area contributed by atoms with Gasteiger partial charge in [-0.15, -0.1) is 0 Å². The Morgan fingerprint density at radius 2 is 1.86 bits per heavy atom. The average Bonchev–Trinajstić information content (AvgIpc) is 2.24. The molecule has 0 radical (unpaired) electrons. The van der Waals surface area contributed by atoms with Crippen molar-refractivity contribution in [1.29, 1.82) is 0 Å². The molecule has 0 aliphatic carbocycles. The highest BCUT2D eigenvalue weighted by molar-refractivity contribution is 5.71. The Kier molecular flexibility index (Phi) is 4.99. The number of halogens is 4. The van der Waals surface area contributed by atoms with Gasteiger partial charge < -0.3 is 10.5 Å². The average molecular weight is 307 g/mol. The van der Waals surface area contributed by atoms with Crippen molar-refractivity contribution in [3.8, 4) is 0 Å². The minimum atomic E-state index is -4.81. The predicted octanol–water partition coefficient (Wildman–Crippen LogP) is 3.58. The van der Waals surface area contributed by atoms with Crippen LogP contribution >= 0.6 is 0 Å². The first kappa shape index (κ1) is 17.4. The van der Waals surface area contributed by atoms with Gasteiger partial charge in [-0.25, -0.2) is 4.39 Å². The molecule has 0 aliphatic heterocycles. The van der Waals surface area contributed by atoms with Crippen molar-refractivity contribution in [3.63, 3.8) is 0 Å². The summed E-state index contributed by atoms with van der Waals surface area (Å²) in [7, 11) is 0. The van der Waals surface area contributed by atoms with E-state index in [0.29, 0.717) is 6.07 Å². The molecule has 0 fully saturated rings. The highest BCUT2D eigenvalue weighted by Crippen LogP contribution is 2.34. The van der Waals surface area contributed by atoms with Crippen LogP contribution in [-0.2, 0) is 15.7 Å². The Balaban J connectivity index is 2.94. The summed E-state index contributed by atoms with van der Waals surface area (Å²) in [5, 5.41) is 0. The van der Waals surface area contributed by atoms with Crippen LogP contribution in [0.2, 0.25) is 0 Å². The van der Waals surface area contributed by atoms with Gasteiger partial charge >= 0.3 is 12.1 Å². The van der Waals surface area contributed by atoms with Gasteiger partial charge in [-0.05, 0) is 26.8 Å². The molecule has 1 aromatic carbocycles. The molecule has 118 valence electrons. The minimum absolute atomic E-state index is 0.365. The molecule has 1 aromatic rings. The van der Waals surface area contributed by atoms with Crippen molar-refractivity contribution in [2.75, 3.05) is 0 Å². The Bertz CT molecular complexity index is 521. The van der Waals surface area contributed by atoms with Crippen LogP contribution in [-0.4, -0.2) is 11.6 Å². The fraction of sp³-hybridized carbons (Fsp3) is 0.500. The monoisotopic (exact) mass is 307 g/mol. The number of hydrogen-bond acceptors (Lipinski definition) is 3. The van der Waals surface area contributed by atoms with E-state index in [9.17, 15) is 22.4 Å². The maximum atomic E-state index is 13.9. The number of nitrogens with two attached hydrogens (primary N) is 1. The summed E-state index contributed by atoms with van der Waals surface area (Å²) in [5.41, 5.74) is 3.10. The first-order valence-electron chi connectivity index (χ1n) is 6.25. The molecule has 3 nitrogen and oxygen atoms in total. The van der Waals surface area contributed by atoms with Crippen molar-refractivity contribution < 1.29 is 27.1 Å². The lowest BCUT2D eigenvalue weighted by Gasteiger charge is -2.21. The number of carbonyl (C=O) groups excluding carboxylic acids is 1. The summed E-state index contributed by atoms with van der Waals surface area (Å²) in [6, 6.07) is 1.59. The predicted molar refractivity (Wildman–Crippen MR) is 68.8 cm³/mol. The molecule has 2 N–H and O–H groups in total. The molecule has 0 amide bonds. The van der Waals surface area contributed by atoms with E-state index in [1.807, 2.05) is 0 Å². The Morgan fingerprint density at radius 1 is 1.29 bits per heavy atom. The van der Waals surface area contributed by atoms with Gasteiger partial charge in [0.05, 0.1) is 12.0 Å². The molecule has 1 rings (SSSR count). The van der Waals surface area contributed by atoms with Gasteiger partial charge in [-0.2, -0.15) is 13.2 Å². The summed E-state index contributed by atoms with van der Waals surface area (Å²) in [6.07, 6.45) is -5.22. The second-order valence-electron chi connectivity index (χ2n) is 5.60. The molecular formula is C14H17F4NO2. The molecule has 0 aromatic heterocycles. The second kappa shape index (κ2) is 6.01. The number of carbonyl (C=O) groups is 1. The second-order valence-corrected chi connectivity index (χ2v) is 5.60. The standard InChI is InChI=1S/C14H17F4NO2/c1-13(2,3)21-11(20)7-10(19)8-5-4-6-9(12(8)15)14(16,17)18/h4-6,10H,7,19H2,1-3H3/t10-/m0/s1. The van der Waals surface area contributed by atoms with Crippen LogP contribution in [0, 0.1) is 5.82 Å². The fourth-order valence-corrected chi connectivity index (χ4v) is 1.73. The Morgan fingerprint density at radius 3 is 2.33 bits per heavy atom. The molecule has 0 heterocycles. The smallest absolute Gasteiger partial charge is 0.419 e.